The number of nitrogens with one attached hydrogen (secondary N) is 2. The largest absolute Gasteiger partial charge is 0.378 e. The van der Waals surface area contributed by atoms with Crippen LogP contribution >= 0.6 is 0 Å². The smallest absolute Gasteiger partial charge is 0.272 e. The van der Waals surface area contributed by atoms with E-state index in [1.807, 2.05) is 17.3 Å². The van der Waals surface area contributed by atoms with Gasteiger partial charge in [-0.2, -0.15) is 9.61 Å². The maximum Gasteiger partial charge on any atom is 0.272 e. The molecule has 2 aromatic heterocycles. The van der Waals surface area contributed by atoms with Gasteiger partial charge in [-0.25, -0.2) is 10.4 Å². The molecule has 6 rings (SSSR count). The highest BCUT2D eigenvalue weighted by molar-refractivity contribution is 5.93. The molecule has 2 N–H and O–H groups in total. The average molecular weight is 474 g/mol. The molecule has 2 aliphatic heterocycles. The van der Waals surface area contributed by atoms with Crippen LogP contribution in [0.15, 0.2) is 48.7 Å². The second kappa shape index (κ2) is 8.98. The second-order valence-corrected chi connectivity index (χ2v) is 9.70. The monoisotopic (exact) mass is 473 g/mol. The number of carbonyl (C=O) groups is 1. The molecule has 0 spiro atoms. The topological polar surface area (TPSA) is 87.0 Å². The van der Waals surface area contributed by atoms with E-state index >= 15 is 0 Å². The number of hydrazine groups is 1. The minimum Gasteiger partial charge on any atom is -0.378 e. The Bertz CT molecular complexity index is 1280. The number of morpholine rings is 1. The molecule has 3 aromatic rings. The lowest BCUT2D eigenvalue weighted by molar-refractivity contribution is 0.0930. The molecule has 9 nitrogen and oxygen atoms in total. The Morgan fingerprint density at radius 1 is 1.20 bits per heavy atom. The van der Waals surface area contributed by atoms with Gasteiger partial charge in [0.25, 0.3) is 5.91 Å². The molecule has 1 amide bonds. The van der Waals surface area contributed by atoms with Crippen LogP contribution in [-0.4, -0.2) is 52.9 Å². The first-order valence-corrected chi connectivity index (χ1v) is 12.4. The number of nitrogens with zero attached hydrogens (tertiary/aromatic N) is 5. The minimum atomic E-state index is -0.150. The van der Waals surface area contributed by atoms with E-state index < -0.39 is 0 Å². The van der Waals surface area contributed by atoms with Crippen molar-refractivity contribution in [2.45, 2.75) is 38.8 Å². The van der Waals surface area contributed by atoms with E-state index in [4.69, 9.17) is 9.72 Å². The summed E-state index contributed by atoms with van der Waals surface area (Å²) in [7, 11) is 0. The first-order valence-electron chi connectivity index (χ1n) is 12.4. The lowest BCUT2D eigenvalue weighted by Crippen LogP contribution is -2.38. The Morgan fingerprint density at radius 3 is 2.80 bits per heavy atom. The van der Waals surface area contributed by atoms with Gasteiger partial charge in [0.1, 0.15) is 5.82 Å². The quantitative estimate of drug-likeness (QED) is 0.569. The first kappa shape index (κ1) is 22.1. The van der Waals surface area contributed by atoms with Crippen LogP contribution in [0.1, 0.15) is 47.4 Å². The van der Waals surface area contributed by atoms with Gasteiger partial charge in [-0.1, -0.05) is 29.8 Å². The fourth-order valence-corrected chi connectivity index (χ4v) is 4.79. The molecule has 2 unspecified atom stereocenters. The van der Waals surface area contributed by atoms with Crippen LogP contribution in [0.3, 0.4) is 0 Å². The Kier molecular flexibility index (Phi) is 5.66. The van der Waals surface area contributed by atoms with Crippen LogP contribution in [0.2, 0.25) is 0 Å². The summed E-state index contributed by atoms with van der Waals surface area (Å²) in [6.45, 7) is 7.00. The third kappa shape index (κ3) is 4.49. The number of hydrogen-bond acceptors (Lipinski definition) is 7. The number of carbonyl (C=O) groups excluding carboxylic acids is 1. The number of fused-ring (bicyclic) bond motifs is 1. The zero-order valence-corrected chi connectivity index (χ0v) is 20.1. The van der Waals surface area contributed by atoms with Gasteiger partial charge in [0.2, 0.25) is 0 Å². The molecule has 182 valence electrons. The predicted octanol–water partition coefficient (Wildman–Crippen LogP) is 2.98. The second-order valence-electron chi connectivity index (χ2n) is 9.70. The number of rotatable bonds is 6. The van der Waals surface area contributed by atoms with E-state index in [1.165, 1.54) is 24.0 Å². The number of amides is 1. The van der Waals surface area contributed by atoms with Gasteiger partial charge in [0.05, 0.1) is 19.3 Å². The highest BCUT2D eigenvalue weighted by atomic mass is 16.5. The lowest BCUT2D eigenvalue weighted by atomic mass is 10.1. The lowest BCUT2D eigenvalue weighted by Gasteiger charge is -2.29. The Balaban J connectivity index is 1.32. The summed E-state index contributed by atoms with van der Waals surface area (Å²) in [6.07, 6.45) is 6.50. The van der Waals surface area contributed by atoms with Gasteiger partial charge in [-0.05, 0) is 44.2 Å². The molecule has 2 atom stereocenters. The van der Waals surface area contributed by atoms with Crippen LogP contribution < -0.4 is 20.7 Å². The molecule has 9 heteroatoms. The minimum absolute atomic E-state index is 0.0647. The third-order valence-electron chi connectivity index (χ3n) is 7.00. The van der Waals surface area contributed by atoms with Crippen molar-refractivity contribution in [2.24, 2.45) is 5.92 Å². The summed E-state index contributed by atoms with van der Waals surface area (Å²) >= 11 is 0. The number of anilines is 2. The standard InChI is InChI=1S/C26H31N7O2/c1-17-4-3-5-20(14-17)21-8-9-32(29-21)23-16-25(31-10-12-35-13-11-31)33-24(28-23)15-22(30-33)26(34)27-18(2)19-6-7-19/h3-5,8-9,14-16,18-19,21,29H,6-7,10-13H2,1-2H3,(H,27,34). The molecule has 3 aliphatic rings. The van der Waals surface area contributed by atoms with Crippen molar-refractivity contribution in [1.29, 1.82) is 0 Å². The van der Waals surface area contributed by atoms with Crippen LogP contribution in [-0.2, 0) is 4.74 Å². The Morgan fingerprint density at radius 2 is 2.03 bits per heavy atom. The van der Waals surface area contributed by atoms with Gasteiger partial charge < -0.3 is 15.0 Å². The van der Waals surface area contributed by atoms with E-state index in [0.29, 0.717) is 30.5 Å². The molecular formula is C26H31N7O2. The normalized spacial score (nSPS) is 21.0. The summed E-state index contributed by atoms with van der Waals surface area (Å²) in [4.78, 5) is 20.0. The zero-order chi connectivity index (χ0) is 23.9. The highest BCUT2D eigenvalue weighted by Crippen LogP contribution is 2.32. The molecule has 4 heterocycles. The molecule has 2 fully saturated rings. The maximum absolute atomic E-state index is 12.9. The Labute approximate surface area is 204 Å². The van der Waals surface area contributed by atoms with Crippen molar-refractivity contribution < 1.29 is 9.53 Å². The molecule has 1 aliphatic carbocycles. The summed E-state index contributed by atoms with van der Waals surface area (Å²) in [5, 5.41) is 9.71. The number of aromatic nitrogens is 3. The van der Waals surface area contributed by atoms with Crippen molar-refractivity contribution in [3.05, 3.63) is 65.5 Å². The van der Waals surface area contributed by atoms with E-state index in [-0.39, 0.29) is 18.0 Å². The van der Waals surface area contributed by atoms with E-state index in [9.17, 15) is 4.79 Å². The molecule has 1 aromatic carbocycles. The van der Waals surface area contributed by atoms with E-state index in [2.05, 4.69) is 64.9 Å². The van der Waals surface area contributed by atoms with Crippen molar-refractivity contribution in [2.75, 3.05) is 36.2 Å². The van der Waals surface area contributed by atoms with Gasteiger partial charge in [0.15, 0.2) is 17.2 Å². The molecule has 0 bridgehead atoms. The summed E-state index contributed by atoms with van der Waals surface area (Å²) in [5.74, 6) is 2.09. The SMILES string of the molecule is Cc1cccc(C2C=CN(c3cc(N4CCOCC4)n4nc(C(=O)NC(C)C5CC5)cc4n3)N2)c1. The van der Waals surface area contributed by atoms with Crippen molar-refractivity contribution in [1.82, 2.24) is 25.3 Å². The maximum atomic E-state index is 12.9. The summed E-state index contributed by atoms with van der Waals surface area (Å²) < 4.78 is 7.35. The van der Waals surface area contributed by atoms with Crippen LogP contribution in [0.4, 0.5) is 11.6 Å². The molecule has 1 saturated carbocycles. The van der Waals surface area contributed by atoms with E-state index in [0.717, 1.165) is 24.7 Å². The molecular weight excluding hydrogens is 442 g/mol. The average Bonchev–Trinajstić information content (AvgIpc) is 3.44. The van der Waals surface area contributed by atoms with Gasteiger partial charge in [0, 0.05) is 37.5 Å². The van der Waals surface area contributed by atoms with Gasteiger partial charge >= 0.3 is 0 Å². The van der Waals surface area contributed by atoms with Gasteiger partial charge in [-0.3, -0.25) is 9.80 Å². The summed E-state index contributed by atoms with van der Waals surface area (Å²) in [6, 6.07) is 12.5. The third-order valence-corrected chi connectivity index (χ3v) is 7.00. The van der Waals surface area contributed by atoms with Crippen molar-refractivity contribution in [3.8, 4) is 0 Å². The molecule has 35 heavy (non-hydrogen) atoms. The molecule has 0 radical (unpaired) electrons. The van der Waals surface area contributed by atoms with Crippen molar-refractivity contribution in [3.63, 3.8) is 0 Å². The fourth-order valence-electron chi connectivity index (χ4n) is 4.79. The predicted molar refractivity (Wildman–Crippen MR) is 134 cm³/mol. The van der Waals surface area contributed by atoms with E-state index in [1.54, 1.807) is 10.6 Å². The summed E-state index contributed by atoms with van der Waals surface area (Å²) in [5.41, 5.74) is 6.99. The number of aryl methyl sites for hydroxylation is 1. The zero-order valence-electron chi connectivity index (χ0n) is 20.1. The van der Waals surface area contributed by atoms with Gasteiger partial charge in [-0.15, -0.1) is 0 Å². The number of ether oxygens (including phenoxy) is 1. The number of hydrogen-bond donors (Lipinski definition) is 2. The van der Waals surface area contributed by atoms with Crippen LogP contribution in [0.25, 0.3) is 5.65 Å². The fraction of sp³-hybridized carbons (Fsp3) is 0.423. The van der Waals surface area contributed by atoms with Crippen LogP contribution in [0.5, 0.6) is 0 Å². The van der Waals surface area contributed by atoms with Crippen LogP contribution in [0, 0.1) is 12.8 Å². The number of benzene rings is 1. The highest BCUT2D eigenvalue weighted by Gasteiger charge is 2.30. The first-order chi connectivity index (χ1) is 17.0. The molecule has 1 saturated heterocycles. The van der Waals surface area contributed by atoms with Crippen molar-refractivity contribution >= 4 is 23.2 Å². The Hall–Kier alpha value is -3.43.